The number of allylic oxidation sites excluding steroid dienone is 1. The van der Waals surface area contributed by atoms with Crippen molar-refractivity contribution in [3.63, 3.8) is 0 Å². The summed E-state index contributed by atoms with van der Waals surface area (Å²) < 4.78 is 0. The van der Waals surface area contributed by atoms with Gasteiger partial charge >= 0.3 is 0 Å². The van der Waals surface area contributed by atoms with Crippen LogP contribution in [0.4, 0.5) is 0 Å². The van der Waals surface area contributed by atoms with Gasteiger partial charge in [-0.25, -0.2) is 0 Å². The van der Waals surface area contributed by atoms with Crippen LogP contribution in [-0.4, -0.2) is 5.33 Å². The largest absolute Gasteiger partial charge is 0.152 e. The molecule has 0 aromatic carbocycles. The molecule has 0 amide bonds. The number of halogens is 1. The monoisotopic (exact) mass is 216 g/mol. The van der Waals surface area contributed by atoms with Crippen LogP contribution >= 0.6 is 27.3 Å². The zero-order valence-electron chi connectivity index (χ0n) is 5.80. The quantitative estimate of drug-likeness (QED) is 0.665. The summed E-state index contributed by atoms with van der Waals surface area (Å²) in [6.45, 7) is 2.13. The maximum absolute atomic E-state index is 3.34. The summed E-state index contributed by atoms with van der Waals surface area (Å²) in [7, 11) is 0. The Morgan fingerprint density at radius 1 is 1.60 bits per heavy atom. The molecule has 2 heteroatoms. The molecule has 0 bridgehead atoms. The van der Waals surface area contributed by atoms with Gasteiger partial charge in [0.1, 0.15) is 0 Å². The number of rotatable bonds is 2. The maximum Gasteiger partial charge on any atom is 0.0215 e. The van der Waals surface area contributed by atoms with E-state index in [2.05, 4.69) is 45.8 Å². The lowest BCUT2D eigenvalue weighted by Crippen LogP contribution is -1.68. The van der Waals surface area contributed by atoms with Crippen LogP contribution in [0.1, 0.15) is 11.1 Å². The first-order valence-corrected chi connectivity index (χ1v) is 5.16. The molecule has 0 saturated heterocycles. The van der Waals surface area contributed by atoms with E-state index in [0.717, 1.165) is 5.33 Å². The minimum atomic E-state index is 0.933. The van der Waals surface area contributed by atoms with E-state index in [4.69, 9.17) is 0 Å². The van der Waals surface area contributed by atoms with E-state index >= 15 is 0 Å². The van der Waals surface area contributed by atoms with Crippen molar-refractivity contribution < 1.29 is 0 Å². The molecule has 1 rings (SSSR count). The molecule has 0 nitrogen and oxygen atoms in total. The molecular weight excluding hydrogens is 208 g/mol. The SMILES string of the molecule is Cc1cscc1C=CCBr. The van der Waals surface area contributed by atoms with Crippen molar-refractivity contribution in [1.82, 2.24) is 0 Å². The zero-order valence-corrected chi connectivity index (χ0v) is 8.21. The Morgan fingerprint density at radius 2 is 2.40 bits per heavy atom. The lowest BCUT2D eigenvalue weighted by molar-refractivity contribution is 1.52. The minimum absolute atomic E-state index is 0.933. The number of alkyl halides is 1. The van der Waals surface area contributed by atoms with E-state index in [-0.39, 0.29) is 0 Å². The summed E-state index contributed by atoms with van der Waals surface area (Å²) in [5, 5.41) is 5.25. The van der Waals surface area contributed by atoms with Crippen molar-refractivity contribution >= 4 is 33.3 Å². The van der Waals surface area contributed by atoms with Crippen LogP contribution in [0.3, 0.4) is 0 Å². The number of hydrogen-bond donors (Lipinski definition) is 0. The molecule has 1 aromatic rings. The highest BCUT2D eigenvalue weighted by Crippen LogP contribution is 2.14. The van der Waals surface area contributed by atoms with Gasteiger partial charge in [0.15, 0.2) is 0 Å². The molecule has 0 unspecified atom stereocenters. The fourth-order valence-electron chi connectivity index (χ4n) is 0.713. The van der Waals surface area contributed by atoms with E-state index in [9.17, 15) is 0 Å². The molecule has 10 heavy (non-hydrogen) atoms. The van der Waals surface area contributed by atoms with Gasteiger partial charge in [0, 0.05) is 5.33 Å². The molecule has 0 aliphatic carbocycles. The van der Waals surface area contributed by atoms with E-state index in [1.807, 2.05) is 0 Å². The second kappa shape index (κ2) is 3.94. The minimum Gasteiger partial charge on any atom is -0.152 e. The van der Waals surface area contributed by atoms with Crippen LogP contribution in [0, 0.1) is 6.92 Å². The Labute approximate surface area is 73.7 Å². The van der Waals surface area contributed by atoms with Gasteiger partial charge in [0.2, 0.25) is 0 Å². The van der Waals surface area contributed by atoms with Crippen molar-refractivity contribution in [2.45, 2.75) is 6.92 Å². The van der Waals surface area contributed by atoms with Crippen LogP contribution in [0.2, 0.25) is 0 Å². The van der Waals surface area contributed by atoms with Crippen LogP contribution in [-0.2, 0) is 0 Å². The van der Waals surface area contributed by atoms with Crippen LogP contribution < -0.4 is 0 Å². The van der Waals surface area contributed by atoms with Crippen molar-refractivity contribution in [2.75, 3.05) is 5.33 Å². The maximum atomic E-state index is 3.34. The molecule has 0 saturated carbocycles. The van der Waals surface area contributed by atoms with Crippen LogP contribution in [0.15, 0.2) is 16.8 Å². The van der Waals surface area contributed by atoms with Crippen molar-refractivity contribution in [1.29, 1.82) is 0 Å². The van der Waals surface area contributed by atoms with Gasteiger partial charge in [-0.1, -0.05) is 28.1 Å². The molecule has 54 valence electrons. The van der Waals surface area contributed by atoms with Gasteiger partial charge in [-0.05, 0) is 28.8 Å². The molecule has 0 spiro atoms. The topological polar surface area (TPSA) is 0 Å². The predicted molar refractivity (Wildman–Crippen MR) is 51.9 cm³/mol. The first kappa shape index (κ1) is 8.02. The second-order valence-corrected chi connectivity index (χ2v) is 3.46. The lowest BCUT2D eigenvalue weighted by atomic mass is 10.2. The van der Waals surface area contributed by atoms with Gasteiger partial charge in [-0.3, -0.25) is 0 Å². The van der Waals surface area contributed by atoms with Crippen LogP contribution in [0.5, 0.6) is 0 Å². The smallest absolute Gasteiger partial charge is 0.0215 e. The summed E-state index contributed by atoms with van der Waals surface area (Å²) in [5.74, 6) is 0. The molecule has 1 aromatic heterocycles. The summed E-state index contributed by atoms with van der Waals surface area (Å²) in [6.07, 6.45) is 4.25. The van der Waals surface area contributed by atoms with E-state index in [1.165, 1.54) is 11.1 Å². The Bertz CT molecular complexity index is 225. The van der Waals surface area contributed by atoms with Crippen LogP contribution in [0.25, 0.3) is 6.08 Å². The number of aryl methyl sites for hydroxylation is 1. The fraction of sp³-hybridized carbons (Fsp3) is 0.250. The highest BCUT2D eigenvalue weighted by molar-refractivity contribution is 9.09. The van der Waals surface area contributed by atoms with Crippen molar-refractivity contribution in [2.24, 2.45) is 0 Å². The summed E-state index contributed by atoms with van der Waals surface area (Å²) in [4.78, 5) is 0. The molecule has 0 fully saturated rings. The van der Waals surface area contributed by atoms with Gasteiger partial charge < -0.3 is 0 Å². The molecule has 0 N–H and O–H groups in total. The normalized spacial score (nSPS) is 11.0. The van der Waals surface area contributed by atoms with Gasteiger partial charge in [-0.2, -0.15) is 11.3 Å². The molecular formula is C8H9BrS. The molecule has 0 aliphatic rings. The Hall–Kier alpha value is -0.0800. The van der Waals surface area contributed by atoms with E-state index in [0.29, 0.717) is 0 Å². The van der Waals surface area contributed by atoms with E-state index < -0.39 is 0 Å². The molecule has 0 radical (unpaired) electrons. The Balaban J connectivity index is 2.74. The first-order valence-electron chi connectivity index (χ1n) is 3.10. The highest BCUT2D eigenvalue weighted by Gasteiger charge is 1.91. The first-order chi connectivity index (χ1) is 4.84. The molecule has 1 heterocycles. The predicted octanol–water partition coefficient (Wildman–Crippen LogP) is 3.46. The third-order valence-corrected chi connectivity index (χ3v) is 2.54. The molecule has 0 aliphatic heterocycles. The lowest BCUT2D eigenvalue weighted by Gasteiger charge is -1.86. The second-order valence-electron chi connectivity index (χ2n) is 2.07. The summed E-state index contributed by atoms with van der Waals surface area (Å²) in [6, 6.07) is 0. The average molecular weight is 217 g/mol. The van der Waals surface area contributed by atoms with E-state index in [1.54, 1.807) is 11.3 Å². The van der Waals surface area contributed by atoms with Gasteiger partial charge in [-0.15, -0.1) is 0 Å². The number of hydrogen-bond acceptors (Lipinski definition) is 1. The third kappa shape index (κ3) is 1.96. The van der Waals surface area contributed by atoms with Crippen molar-refractivity contribution in [3.05, 3.63) is 28.0 Å². The fourth-order valence-corrected chi connectivity index (χ4v) is 1.72. The Kier molecular flexibility index (Phi) is 3.16. The molecule has 0 atom stereocenters. The summed E-state index contributed by atoms with van der Waals surface area (Å²) in [5.41, 5.74) is 2.70. The standard InChI is InChI=1S/C8H9BrS/c1-7-5-10-6-8(7)3-2-4-9/h2-3,5-6H,4H2,1H3. The van der Waals surface area contributed by atoms with Gasteiger partial charge in [0.05, 0.1) is 0 Å². The zero-order chi connectivity index (χ0) is 7.40. The third-order valence-electron chi connectivity index (χ3n) is 1.28. The summed E-state index contributed by atoms with van der Waals surface area (Å²) >= 11 is 5.09. The van der Waals surface area contributed by atoms with Gasteiger partial charge in [0.25, 0.3) is 0 Å². The van der Waals surface area contributed by atoms with Crippen molar-refractivity contribution in [3.8, 4) is 0 Å². The average Bonchev–Trinajstić information content (AvgIpc) is 2.31. The number of thiophene rings is 1. The highest BCUT2D eigenvalue weighted by atomic mass is 79.9. The Morgan fingerprint density at radius 3 is 2.90 bits per heavy atom.